The molecule has 66 heavy (non-hydrogen) atoms. The highest BCUT2D eigenvalue weighted by atomic mass is 35.5. The van der Waals surface area contributed by atoms with E-state index in [1.807, 2.05) is 0 Å². The lowest BCUT2D eigenvalue weighted by molar-refractivity contribution is -0.434. The summed E-state index contributed by atoms with van der Waals surface area (Å²) in [5.41, 5.74) is -2.59. The third-order valence-corrected chi connectivity index (χ3v) is 12.8. The molecular formula is C29H24ClN11O19S6. The number of azo groups is 2. The Kier molecular flexibility index (Phi) is 17.0. The number of aromatic nitrogens is 3. The number of aromatic hydroxyl groups is 1. The number of nitriles is 1. The number of hydrogen-bond donors (Lipinski definition) is 9. The van der Waals surface area contributed by atoms with E-state index < -0.39 is 102 Å². The van der Waals surface area contributed by atoms with Gasteiger partial charge in [-0.15, -0.1) is 29.1 Å². The summed E-state index contributed by atoms with van der Waals surface area (Å²) in [6.45, 7) is -0.565. The van der Waals surface area contributed by atoms with E-state index >= 15 is 0 Å². The Balaban J connectivity index is 1.65. The molecule has 5 rings (SSSR count). The van der Waals surface area contributed by atoms with Gasteiger partial charge in [-0.2, -0.15) is 45.5 Å². The lowest BCUT2D eigenvalue weighted by Gasteiger charge is -2.14. The van der Waals surface area contributed by atoms with Crippen LogP contribution in [-0.2, 0) is 63.1 Å². The van der Waals surface area contributed by atoms with Crippen LogP contribution in [0.4, 0.5) is 46.0 Å². The van der Waals surface area contributed by atoms with Crippen LogP contribution >= 0.6 is 36.0 Å². The predicted molar refractivity (Wildman–Crippen MR) is 225 cm³/mol. The Morgan fingerprint density at radius 1 is 0.758 bits per heavy atom. The summed E-state index contributed by atoms with van der Waals surface area (Å²) in [4.78, 5) is 8.53. The molecule has 0 aliphatic rings. The lowest BCUT2D eigenvalue weighted by Crippen LogP contribution is -2.13. The zero-order valence-corrected chi connectivity index (χ0v) is 37.4. The molecule has 9 N–H and O–H groups in total. The Hall–Kier alpha value is -5.57. The standard InChI is InChI=1S/C29H24ClN11O19S6/c30-27-35-28(32-12-31)37-29(36-27)34-14-1-6-22(65(50,51)52)20(9-14)39-41-25-21(61-59-57-43)11-17-16(26(25)42)3-5-19(33-13-64(47,48)49)24(17)40-38-18-4-2-15(10-23(18)66(53,54)55)63(45,46)8-7-56-62-60-58-44/h1-6,9-11,33,42-44H,7-8,13H2,(H,47,48,49)(H,50,51,52)(H,53,54,55)(H2,32,34,35,36,37)/b40-38+,41-39+. The number of phenolic OH excluding ortho intramolecular Hbond substituents is 1. The molecule has 352 valence electrons. The van der Waals surface area contributed by atoms with Crippen molar-refractivity contribution in [3.63, 3.8) is 0 Å². The number of nitrogens with one attached hydrogen (secondary N) is 3. The van der Waals surface area contributed by atoms with Gasteiger partial charge in [-0.05, 0) is 66.2 Å². The van der Waals surface area contributed by atoms with Gasteiger partial charge < -0.3 is 15.7 Å². The molecule has 4 aromatic carbocycles. The summed E-state index contributed by atoms with van der Waals surface area (Å²) in [5.74, 6) is -3.28. The van der Waals surface area contributed by atoms with E-state index in [1.165, 1.54) is 0 Å². The predicted octanol–water partition coefficient (Wildman–Crippen LogP) is 5.80. The van der Waals surface area contributed by atoms with Crippen molar-refractivity contribution < 1.29 is 85.9 Å². The minimum atomic E-state index is -5.28. The first kappa shape index (κ1) is 51.4. The van der Waals surface area contributed by atoms with Crippen LogP contribution in [0, 0.1) is 11.5 Å². The maximum Gasteiger partial charge on any atom is 0.296 e. The minimum Gasteiger partial charge on any atom is -0.505 e. The number of nitrogens with zero attached hydrogens (tertiary/aromatic N) is 8. The molecule has 0 saturated heterocycles. The van der Waals surface area contributed by atoms with E-state index in [0.29, 0.717) is 6.07 Å². The van der Waals surface area contributed by atoms with Gasteiger partial charge in [-0.25, -0.2) is 18.9 Å². The average Bonchev–Trinajstić information content (AvgIpc) is 3.22. The number of sulfone groups is 1. The van der Waals surface area contributed by atoms with Crippen molar-refractivity contribution in [3.8, 4) is 11.9 Å². The Morgan fingerprint density at radius 3 is 2.11 bits per heavy atom. The molecule has 0 radical (unpaired) electrons. The molecule has 0 atom stereocenters. The Morgan fingerprint density at radius 2 is 1.44 bits per heavy atom. The molecule has 0 aliphatic carbocycles. The van der Waals surface area contributed by atoms with Crippen molar-refractivity contribution in [2.75, 3.05) is 34.2 Å². The van der Waals surface area contributed by atoms with Gasteiger partial charge in [0.15, 0.2) is 34.1 Å². The topological polar surface area (TPSA) is 452 Å². The number of hydrogen-bond acceptors (Lipinski definition) is 29. The van der Waals surface area contributed by atoms with Crippen molar-refractivity contribution in [3.05, 3.63) is 59.9 Å². The highest BCUT2D eigenvalue weighted by Gasteiger charge is 2.25. The van der Waals surface area contributed by atoms with Crippen molar-refractivity contribution in [2.45, 2.75) is 19.6 Å². The molecule has 0 spiro atoms. The first-order chi connectivity index (χ1) is 31.0. The maximum absolute atomic E-state index is 12.9. The second-order valence-corrected chi connectivity index (χ2v) is 19.8. The van der Waals surface area contributed by atoms with Crippen LogP contribution in [0.1, 0.15) is 0 Å². The Bertz CT molecular complexity index is 3220. The van der Waals surface area contributed by atoms with Crippen molar-refractivity contribution in [1.29, 1.82) is 5.26 Å². The van der Waals surface area contributed by atoms with E-state index in [9.17, 15) is 52.4 Å². The molecule has 0 aliphatic heterocycles. The quantitative estimate of drug-likeness (QED) is 0.00577. The fraction of sp³-hybridized carbons (Fsp3) is 0.103. The van der Waals surface area contributed by atoms with Crippen LogP contribution in [-0.4, -0.2) is 96.1 Å². The van der Waals surface area contributed by atoms with E-state index in [4.69, 9.17) is 31.6 Å². The van der Waals surface area contributed by atoms with E-state index in [1.54, 1.807) is 6.19 Å². The van der Waals surface area contributed by atoms with Crippen molar-refractivity contribution >= 4 is 133 Å². The molecule has 30 nitrogen and oxygen atoms in total. The van der Waals surface area contributed by atoms with Crippen LogP contribution in [0.5, 0.6) is 5.75 Å². The monoisotopic (exact) mass is 1060 g/mol. The molecule has 0 saturated carbocycles. The summed E-state index contributed by atoms with van der Waals surface area (Å²) in [7, 11) is -19.4. The number of phenols is 1. The van der Waals surface area contributed by atoms with Crippen LogP contribution in [0.25, 0.3) is 10.8 Å². The number of benzene rings is 4. The molecule has 0 bridgehead atoms. The third kappa shape index (κ3) is 13.7. The van der Waals surface area contributed by atoms with Gasteiger partial charge in [0.25, 0.3) is 30.4 Å². The highest BCUT2D eigenvalue weighted by Crippen LogP contribution is 2.49. The second-order valence-electron chi connectivity index (χ2n) is 11.9. The van der Waals surface area contributed by atoms with Crippen LogP contribution in [0.3, 0.4) is 0 Å². The number of rotatable bonds is 22. The summed E-state index contributed by atoms with van der Waals surface area (Å²) >= 11 is 6.09. The lowest BCUT2D eigenvalue weighted by atomic mass is 10.1. The van der Waals surface area contributed by atoms with Gasteiger partial charge in [0.05, 0.1) is 39.9 Å². The zero-order valence-electron chi connectivity index (χ0n) is 31.7. The van der Waals surface area contributed by atoms with Crippen molar-refractivity contribution in [2.24, 2.45) is 20.5 Å². The molecular weight excluding hydrogens is 1030 g/mol. The van der Waals surface area contributed by atoms with Gasteiger partial charge in [-0.3, -0.25) is 23.2 Å². The fourth-order valence-electron chi connectivity index (χ4n) is 5.08. The van der Waals surface area contributed by atoms with Gasteiger partial charge >= 0.3 is 0 Å². The van der Waals surface area contributed by atoms with Gasteiger partial charge in [0.2, 0.25) is 17.2 Å². The first-order valence-electron chi connectivity index (χ1n) is 16.6. The van der Waals surface area contributed by atoms with Gasteiger partial charge in [-0.1, -0.05) is 10.1 Å². The summed E-state index contributed by atoms with van der Waals surface area (Å²) in [6, 6.07) is 8.62. The maximum atomic E-state index is 12.9. The molecule has 1 aromatic heterocycles. The summed E-state index contributed by atoms with van der Waals surface area (Å²) in [6.07, 6.45) is 1.59. The highest BCUT2D eigenvalue weighted by molar-refractivity contribution is 7.94. The molecule has 0 unspecified atom stereocenters. The minimum absolute atomic E-state index is 0.00485. The number of anilines is 4. The third-order valence-electron chi connectivity index (χ3n) is 7.70. The second kappa shape index (κ2) is 21.8. The van der Waals surface area contributed by atoms with E-state index in [0.717, 1.165) is 48.5 Å². The first-order valence-corrected chi connectivity index (χ1v) is 24.5. The van der Waals surface area contributed by atoms with Crippen LogP contribution < -0.4 is 16.0 Å². The largest absolute Gasteiger partial charge is 0.505 e. The molecule has 0 amide bonds. The van der Waals surface area contributed by atoms with Gasteiger partial charge in [0, 0.05) is 16.5 Å². The van der Waals surface area contributed by atoms with Crippen LogP contribution in [0.15, 0.2) is 94.6 Å². The number of halogens is 1. The summed E-state index contributed by atoms with van der Waals surface area (Å²) < 4.78 is 142. The zero-order chi connectivity index (χ0) is 48.5. The number of fused-ring (bicyclic) bond motifs is 1. The molecule has 5 aromatic rings. The normalized spacial score (nSPS) is 12.5. The van der Waals surface area contributed by atoms with Crippen LogP contribution in [0.2, 0.25) is 5.28 Å². The Labute approximate surface area is 383 Å². The SMILES string of the molecule is N#CNc1nc(Cl)nc(Nc2ccc(S(=O)(=O)O)c(/N=N/c3c(SOOO)cc4c(/N=N/c5ccc(S(=O)(=O)CCOSOOO)cc5S(=O)(=O)O)c(NCS(=O)(=O)O)ccc4c3O)c2)n1. The smallest absolute Gasteiger partial charge is 0.296 e. The molecule has 37 heteroatoms. The molecule has 0 fully saturated rings. The summed E-state index contributed by atoms with van der Waals surface area (Å²) in [5, 5.41) is 66.6. The average molecular weight is 1060 g/mol. The van der Waals surface area contributed by atoms with E-state index in [2.05, 4.69) is 70.1 Å². The fourth-order valence-corrected chi connectivity index (χ4v) is 8.82. The molecule has 1 heterocycles. The van der Waals surface area contributed by atoms with Gasteiger partial charge in [0.1, 0.15) is 38.4 Å². The van der Waals surface area contributed by atoms with E-state index in [-0.39, 0.29) is 68.6 Å². The van der Waals surface area contributed by atoms with Crippen molar-refractivity contribution in [1.82, 2.24) is 15.0 Å².